The Bertz CT molecular complexity index is 931. The molecule has 0 aliphatic heterocycles. The van der Waals surface area contributed by atoms with E-state index >= 15 is 0 Å². The predicted molar refractivity (Wildman–Crippen MR) is 86.8 cm³/mol. The Hall–Kier alpha value is -3.18. The molecule has 138 valence electrons. The topological polar surface area (TPSA) is 155 Å². The average Bonchev–Trinajstić information content (AvgIpc) is 3.10. The standard InChI is InChI=1S/C15H14N2O8S/c1-23-14(19)9-2-4-10(5-3-9)17-12(18)8-24-15(20)11-6-7-13(25-11)26(16,21)22/h2-7H,8H2,1H3,(H,17,18)(H2,16,21,22). The van der Waals surface area contributed by atoms with E-state index in [9.17, 15) is 22.8 Å². The SMILES string of the molecule is COC(=O)c1ccc(NC(=O)COC(=O)c2ccc(S(N)(=O)=O)o2)cc1. The molecule has 0 unspecified atom stereocenters. The molecule has 1 aromatic heterocycles. The zero-order valence-electron chi connectivity index (χ0n) is 13.4. The molecule has 26 heavy (non-hydrogen) atoms. The largest absolute Gasteiger partial charge is 0.465 e. The molecule has 1 aromatic carbocycles. The summed E-state index contributed by atoms with van der Waals surface area (Å²) in [6.45, 7) is -0.636. The summed E-state index contributed by atoms with van der Waals surface area (Å²) in [5, 5.41) is 6.70. The maximum Gasteiger partial charge on any atom is 0.374 e. The molecule has 0 bridgehead atoms. The lowest BCUT2D eigenvalue weighted by Gasteiger charge is -2.06. The number of methoxy groups -OCH3 is 1. The lowest BCUT2D eigenvalue weighted by atomic mass is 10.2. The number of nitrogens with one attached hydrogen (secondary N) is 1. The van der Waals surface area contributed by atoms with Crippen molar-refractivity contribution in [1.82, 2.24) is 0 Å². The van der Waals surface area contributed by atoms with Gasteiger partial charge in [0.15, 0.2) is 6.61 Å². The number of furan rings is 1. The van der Waals surface area contributed by atoms with Gasteiger partial charge in [0, 0.05) is 5.69 Å². The highest BCUT2D eigenvalue weighted by atomic mass is 32.2. The van der Waals surface area contributed by atoms with Crippen LogP contribution in [0.15, 0.2) is 45.9 Å². The number of nitrogens with two attached hydrogens (primary N) is 1. The van der Waals surface area contributed by atoms with Gasteiger partial charge in [-0.1, -0.05) is 0 Å². The highest BCUT2D eigenvalue weighted by molar-refractivity contribution is 7.89. The monoisotopic (exact) mass is 382 g/mol. The summed E-state index contributed by atoms with van der Waals surface area (Å²) in [5.74, 6) is -2.61. The molecule has 0 aliphatic rings. The van der Waals surface area contributed by atoms with Gasteiger partial charge in [-0.15, -0.1) is 0 Å². The Morgan fingerprint density at radius 2 is 1.73 bits per heavy atom. The molecule has 0 aliphatic carbocycles. The van der Waals surface area contributed by atoms with Crippen LogP contribution in [0.2, 0.25) is 0 Å². The summed E-state index contributed by atoms with van der Waals surface area (Å²) in [6, 6.07) is 7.89. The molecule has 3 N–H and O–H groups in total. The number of ether oxygens (including phenoxy) is 2. The van der Waals surface area contributed by atoms with Crippen LogP contribution in [-0.4, -0.2) is 40.0 Å². The zero-order valence-corrected chi connectivity index (χ0v) is 14.2. The lowest BCUT2D eigenvalue weighted by Crippen LogP contribution is -2.20. The Labute approximate surface area is 147 Å². The maximum atomic E-state index is 11.8. The Morgan fingerprint density at radius 3 is 2.27 bits per heavy atom. The molecule has 0 fully saturated rings. The third-order valence-electron chi connectivity index (χ3n) is 2.99. The first-order valence-electron chi connectivity index (χ1n) is 6.98. The number of amides is 1. The van der Waals surface area contributed by atoms with E-state index in [1.165, 1.54) is 31.4 Å². The summed E-state index contributed by atoms with van der Waals surface area (Å²) >= 11 is 0. The van der Waals surface area contributed by atoms with Crippen LogP contribution < -0.4 is 10.5 Å². The van der Waals surface area contributed by atoms with Gasteiger partial charge in [-0.05, 0) is 36.4 Å². The Balaban J connectivity index is 1.89. The first-order chi connectivity index (χ1) is 12.2. The van der Waals surface area contributed by atoms with Crippen molar-refractivity contribution in [1.29, 1.82) is 0 Å². The number of benzene rings is 1. The van der Waals surface area contributed by atoms with E-state index in [0.29, 0.717) is 11.3 Å². The number of sulfonamides is 1. The maximum absolute atomic E-state index is 11.8. The molecule has 11 heteroatoms. The van der Waals surface area contributed by atoms with E-state index in [2.05, 4.69) is 10.1 Å². The number of carbonyl (C=O) groups is 3. The molecule has 0 radical (unpaired) electrons. The van der Waals surface area contributed by atoms with Crippen LogP contribution in [0.4, 0.5) is 5.69 Å². The molecule has 2 rings (SSSR count). The summed E-state index contributed by atoms with van der Waals surface area (Å²) < 4.78 is 36.1. The molecule has 0 atom stereocenters. The summed E-state index contributed by atoms with van der Waals surface area (Å²) in [4.78, 5) is 34.8. The van der Waals surface area contributed by atoms with Gasteiger partial charge in [0.25, 0.3) is 15.9 Å². The van der Waals surface area contributed by atoms with Crippen molar-refractivity contribution in [3.63, 3.8) is 0 Å². The smallest absolute Gasteiger partial charge is 0.374 e. The predicted octanol–water partition coefficient (Wildman–Crippen LogP) is 0.509. The van der Waals surface area contributed by atoms with E-state index in [-0.39, 0.29) is 0 Å². The minimum Gasteiger partial charge on any atom is -0.465 e. The van der Waals surface area contributed by atoms with Crippen molar-refractivity contribution < 1.29 is 36.7 Å². The van der Waals surface area contributed by atoms with Crippen LogP contribution in [0.1, 0.15) is 20.9 Å². The number of carbonyl (C=O) groups excluding carboxylic acids is 3. The van der Waals surface area contributed by atoms with Gasteiger partial charge in [-0.25, -0.2) is 23.1 Å². The van der Waals surface area contributed by atoms with E-state index in [0.717, 1.165) is 12.1 Å². The number of esters is 2. The van der Waals surface area contributed by atoms with E-state index in [1.54, 1.807) is 0 Å². The van der Waals surface area contributed by atoms with Crippen LogP contribution in [0, 0.1) is 0 Å². The van der Waals surface area contributed by atoms with Gasteiger partial charge in [-0.2, -0.15) is 0 Å². The highest BCUT2D eigenvalue weighted by Crippen LogP contribution is 2.13. The minimum absolute atomic E-state index is 0.306. The molecule has 2 aromatic rings. The summed E-state index contributed by atoms with van der Waals surface area (Å²) in [7, 11) is -2.84. The Kier molecular flexibility index (Phi) is 5.75. The van der Waals surface area contributed by atoms with E-state index < -0.39 is 45.3 Å². The normalized spacial score (nSPS) is 10.8. The quantitative estimate of drug-likeness (QED) is 0.685. The number of anilines is 1. The minimum atomic E-state index is -4.09. The fourth-order valence-electron chi connectivity index (χ4n) is 1.79. The second-order valence-electron chi connectivity index (χ2n) is 4.86. The first kappa shape index (κ1) is 19.1. The fraction of sp³-hybridized carbons (Fsp3) is 0.133. The van der Waals surface area contributed by atoms with Gasteiger partial charge in [0.1, 0.15) is 0 Å². The van der Waals surface area contributed by atoms with Crippen molar-refractivity contribution in [2.24, 2.45) is 5.14 Å². The number of hydrogen-bond acceptors (Lipinski definition) is 8. The van der Waals surface area contributed by atoms with Crippen LogP contribution in [0.25, 0.3) is 0 Å². The second kappa shape index (κ2) is 7.80. The molecule has 1 amide bonds. The van der Waals surface area contributed by atoms with Gasteiger partial charge in [0.05, 0.1) is 12.7 Å². The third-order valence-corrected chi connectivity index (χ3v) is 3.77. The summed E-state index contributed by atoms with van der Waals surface area (Å²) in [6.07, 6.45) is 0. The van der Waals surface area contributed by atoms with Crippen LogP contribution in [0.5, 0.6) is 0 Å². The number of rotatable bonds is 6. The molecular formula is C15H14N2O8S. The van der Waals surface area contributed by atoms with Crippen LogP contribution in [0.3, 0.4) is 0 Å². The zero-order chi connectivity index (χ0) is 19.3. The second-order valence-corrected chi connectivity index (χ2v) is 6.35. The van der Waals surface area contributed by atoms with Crippen molar-refractivity contribution >= 4 is 33.6 Å². The van der Waals surface area contributed by atoms with Gasteiger partial charge in [-0.3, -0.25) is 4.79 Å². The van der Waals surface area contributed by atoms with Crippen molar-refractivity contribution in [3.05, 3.63) is 47.7 Å². The molecule has 1 heterocycles. The molecule has 0 spiro atoms. The van der Waals surface area contributed by atoms with Crippen LogP contribution >= 0.6 is 0 Å². The van der Waals surface area contributed by atoms with Gasteiger partial charge >= 0.3 is 11.9 Å². The summed E-state index contributed by atoms with van der Waals surface area (Å²) in [5.41, 5.74) is 0.675. The van der Waals surface area contributed by atoms with Gasteiger partial charge in [0.2, 0.25) is 10.9 Å². The number of primary sulfonamides is 1. The van der Waals surface area contributed by atoms with E-state index in [4.69, 9.17) is 14.3 Å². The molecule has 10 nitrogen and oxygen atoms in total. The van der Waals surface area contributed by atoms with E-state index in [1.807, 2.05) is 0 Å². The van der Waals surface area contributed by atoms with Crippen molar-refractivity contribution in [2.75, 3.05) is 19.0 Å². The first-order valence-corrected chi connectivity index (χ1v) is 8.53. The van der Waals surface area contributed by atoms with Crippen molar-refractivity contribution in [2.45, 2.75) is 5.09 Å². The fourth-order valence-corrected chi connectivity index (χ4v) is 2.25. The Morgan fingerprint density at radius 1 is 1.08 bits per heavy atom. The molecule has 0 saturated heterocycles. The van der Waals surface area contributed by atoms with Crippen LogP contribution in [-0.2, 0) is 24.3 Å². The highest BCUT2D eigenvalue weighted by Gasteiger charge is 2.19. The average molecular weight is 382 g/mol. The van der Waals surface area contributed by atoms with Crippen molar-refractivity contribution in [3.8, 4) is 0 Å². The third kappa shape index (κ3) is 4.91. The number of hydrogen-bond donors (Lipinski definition) is 2. The van der Waals surface area contributed by atoms with Gasteiger partial charge < -0.3 is 19.2 Å². The molecule has 0 saturated carbocycles. The molecular weight excluding hydrogens is 368 g/mol. The lowest BCUT2D eigenvalue weighted by molar-refractivity contribution is -0.119.